The minimum Gasteiger partial charge on any atom is -0.383 e. The molecule has 0 aliphatic carbocycles. The van der Waals surface area contributed by atoms with Crippen molar-refractivity contribution in [1.29, 1.82) is 0 Å². The summed E-state index contributed by atoms with van der Waals surface area (Å²) in [6.07, 6.45) is 0.993. The third-order valence-corrected chi connectivity index (χ3v) is 2.85. The molecule has 0 bridgehead atoms. The van der Waals surface area contributed by atoms with Crippen molar-refractivity contribution in [2.24, 2.45) is 0 Å². The van der Waals surface area contributed by atoms with Crippen LogP contribution >= 0.6 is 15.9 Å². The van der Waals surface area contributed by atoms with Gasteiger partial charge in [-0.15, -0.1) is 0 Å². The summed E-state index contributed by atoms with van der Waals surface area (Å²) in [6.45, 7) is 6.96. The first kappa shape index (κ1) is 14.4. The summed E-state index contributed by atoms with van der Waals surface area (Å²) in [4.78, 5) is 8.84. The predicted molar refractivity (Wildman–Crippen MR) is 73.4 cm³/mol. The molecule has 1 rings (SSSR count). The van der Waals surface area contributed by atoms with Crippen LogP contribution in [0.25, 0.3) is 0 Å². The van der Waals surface area contributed by atoms with E-state index in [1.165, 1.54) is 0 Å². The van der Waals surface area contributed by atoms with Crippen molar-refractivity contribution >= 4 is 21.7 Å². The van der Waals surface area contributed by atoms with E-state index in [1.54, 1.807) is 7.11 Å². The lowest BCUT2D eigenvalue weighted by Gasteiger charge is -2.17. The molecule has 1 aromatic rings. The van der Waals surface area contributed by atoms with Gasteiger partial charge in [-0.2, -0.15) is 0 Å². The Morgan fingerprint density at radius 3 is 2.65 bits per heavy atom. The number of methoxy groups -OCH3 is 1. The molecule has 0 fully saturated rings. The number of nitrogens with one attached hydrogen (secondary N) is 1. The van der Waals surface area contributed by atoms with Gasteiger partial charge >= 0.3 is 0 Å². The topological polar surface area (TPSA) is 47.0 Å². The molecule has 0 amide bonds. The number of rotatable bonds is 6. The van der Waals surface area contributed by atoms with Gasteiger partial charge in [-0.3, -0.25) is 0 Å². The Balaban J connectivity index is 2.82. The number of halogens is 1. The lowest BCUT2D eigenvalue weighted by molar-refractivity contribution is 0.184. The fraction of sp³-hybridized carbons (Fsp3) is 0.667. The molecule has 5 heteroatoms. The molecule has 96 valence electrons. The van der Waals surface area contributed by atoms with Gasteiger partial charge in [-0.25, -0.2) is 9.97 Å². The molecule has 0 saturated carbocycles. The first-order chi connectivity index (χ1) is 8.06. The highest BCUT2D eigenvalue weighted by Gasteiger charge is 2.10. The van der Waals surface area contributed by atoms with Gasteiger partial charge in [0.1, 0.15) is 16.2 Å². The van der Waals surface area contributed by atoms with Gasteiger partial charge in [-0.05, 0) is 22.4 Å². The maximum atomic E-state index is 5.16. The fourth-order valence-electron chi connectivity index (χ4n) is 1.44. The smallest absolute Gasteiger partial charge is 0.134 e. The third-order valence-electron chi connectivity index (χ3n) is 2.44. The van der Waals surface area contributed by atoms with Crippen molar-refractivity contribution in [3.63, 3.8) is 0 Å². The summed E-state index contributed by atoms with van der Waals surface area (Å²) in [5, 5.41) is 3.36. The Hall–Kier alpha value is -0.680. The van der Waals surface area contributed by atoms with Crippen molar-refractivity contribution in [2.75, 3.05) is 19.0 Å². The number of hydrogen-bond acceptors (Lipinski definition) is 4. The molecule has 1 aromatic heterocycles. The van der Waals surface area contributed by atoms with Crippen molar-refractivity contribution < 1.29 is 4.74 Å². The molecule has 0 aromatic carbocycles. The zero-order valence-electron chi connectivity index (χ0n) is 10.8. The van der Waals surface area contributed by atoms with Crippen LogP contribution in [0.5, 0.6) is 0 Å². The maximum absolute atomic E-state index is 5.16. The molecule has 4 nitrogen and oxygen atoms in total. The second-order valence-electron chi connectivity index (χ2n) is 4.29. The molecular formula is C12H20BrN3O. The first-order valence-electron chi connectivity index (χ1n) is 5.86. The Morgan fingerprint density at radius 1 is 1.41 bits per heavy atom. The van der Waals surface area contributed by atoms with E-state index in [9.17, 15) is 0 Å². The predicted octanol–water partition coefficient (Wildman–Crippen LogP) is 3.20. The highest BCUT2D eigenvalue weighted by atomic mass is 79.9. The van der Waals surface area contributed by atoms with Crippen LogP contribution in [0.1, 0.15) is 38.9 Å². The molecule has 1 heterocycles. The summed E-state index contributed by atoms with van der Waals surface area (Å²) in [5.74, 6) is 2.00. The van der Waals surface area contributed by atoms with Crippen LogP contribution in [0, 0.1) is 0 Å². The van der Waals surface area contributed by atoms with Gasteiger partial charge < -0.3 is 10.1 Å². The molecule has 17 heavy (non-hydrogen) atoms. The number of hydrogen-bond donors (Lipinski definition) is 1. The van der Waals surface area contributed by atoms with E-state index >= 15 is 0 Å². The SMILES string of the molecule is CCC(COC)Nc1cc(Br)nc(C(C)C)n1. The van der Waals surface area contributed by atoms with Crippen molar-refractivity contribution in [2.45, 2.75) is 39.2 Å². The third kappa shape index (κ3) is 4.60. The zero-order valence-corrected chi connectivity index (χ0v) is 12.4. The Morgan fingerprint density at radius 2 is 2.12 bits per heavy atom. The quantitative estimate of drug-likeness (QED) is 0.820. The Labute approximate surface area is 111 Å². The Kier molecular flexibility index (Phi) is 5.85. The van der Waals surface area contributed by atoms with Crippen LogP contribution < -0.4 is 5.32 Å². The van der Waals surface area contributed by atoms with E-state index < -0.39 is 0 Å². The average molecular weight is 302 g/mol. The van der Waals surface area contributed by atoms with E-state index in [1.807, 2.05) is 6.07 Å². The van der Waals surface area contributed by atoms with E-state index in [2.05, 4.69) is 52.0 Å². The lowest BCUT2D eigenvalue weighted by atomic mass is 10.2. The van der Waals surface area contributed by atoms with Crippen molar-refractivity contribution in [1.82, 2.24) is 9.97 Å². The number of aromatic nitrogens is 2. The molecule has 0 aliphatic heterocycles. The highest BCUT2D eigenvalue weighted by Crippen LogP contribution is 2.18. The molecule has 0 aliphatic rings. The van der Waals surface area contributed by atoms with Crippen LogP contribution in [0.2, 0.25) is 0 Å². The summed E-state index contributed by atoms with van der Waals surface area (Å²) in [5.41, 5.74) is 0. The van der Waals surface area contributed by atoms with Crippen LogP contribution in [0.4, 0.5) is 5.82 Å². The molecule has 0 saturated heterocycles. The largest absolute Gasteiger partial charge is 0.383 e. The van der Waals surface area contributed by atoms with Crippen molar-refractivity contribution in [3.8, 4) is 0 Å². The van der Waals surface area contributed by atoms with Gasteiger partial charge in [0, 0.05) is 19.1 Å². The highest BCUT2D eigenvalue weighted by molar-refractivity contribution is 9.10. The molecular weight excluding hydrogens is 282 g/mol. The molecule has 1 N–H and O–H groups in total. The van der Waals surface area contributed by atoms with Crippen LogP contribution in [0.3, 0.4) is 0 Å². The fourth-order valence-corrected chi connectivity index (χ4v) is 1.84. The average Bonchev–Trinajstić information content (AvgIpc) is 2.27. The zero-order chi connectivity index (χ0) is 12.8. The summed E-state index contributed by atoms with van der Waals surface area (Å²) in [6, 6.07) is 2.17. The number of ether oxygens (including phenoxy) is 1. The Bertz CT molecular complexity index is 358. The standard InChI is InChI=1S/C12H20BrN3O/c1-5-9(7-17-4)14-11-6-10(13)15-12(16-11)8(2)3/h6,8-9H,5,7H2,1-4H3,(H,14,15,16). The summed E-state index contributed by atoms with van der Waals surface area (Å²) >= 11 is 3.41. The minimum absolute atomic E-state index is 0.279. The van der Waals surface area contributed by atoms with E-state index in [4.69, 9.17) is 4.74 Å². The van der Waals surface area contributed by atoms with E-state index in [0.29, 0.717) is 12.5 Å². The second-order valence-corrected chi connectivity index (χ2v) is 5.11. The number of nitrogens with zero attached hydrogens (tertiary/aromatic N) is 2. The lowest BCUT2D eigenvalue weighted by Crippen LogP contribution is -2.24. The van der Waals surface area contributed by atoms with Gasteiger partial charge in [0.05, 0.1) is 12.6 Å². The van der Waals surface area contributed by atoms with E-state index in [0.717, 1.165) is 22.7 Å². The molecule has 1 atom stereocenters. The van der Waals surface area contributed by atoms with Gasteiger partial charge in [-0.1, -0.05) is 20.8 Å². The number of anilines is 1. The van der Waals surface area contributed by atoms with Gasteiger partial charge in [0.15, 0.2) is 0 Å². The maximum Gasteiger partial charge on any atom is 0.134 e. The van der Waals surface area contributed by atoms with Crippen LogP contribution in [-0.2, 0) is 4.74 Å². The van der Waals surface area contributed by atoms with Crippen LogP contribution in [0.15, 0.2) is 10.7 Å². The normalized spacial score (nSPS) is 12.8. The second kappa shape index (κ2) is 6.91. The van der Waals surface area contributed by atoms with Crippen molar-refractivity contribution in [3.05, 3.63) is 16.5 Å². The first-order valence-corrected chi connectivity index (χ1v) is 6.66. The van der Waals surface area contributed by atoms with Gasteiger partial charge in [0.25, 0.3) is 0 Å². The monoisotopic (exact) mass is 301 g/mol. The summed E-state index contributed by atoms with van der Waals surface area (Å²) < 4.78 is 5.97. The van der Waals surface area contributed by atoms with Crippen LogP contribution in [-0.4, -0.2) is 29.7 Å². The molecule has 0 spiro atoms. The van der Waals surface area contributed by atoms with Gasteiger partial charge in [0.2, 0.25) is 0 Å². The minimum atomic E-state index is 0.279. The molecule has 1 unspecified atom stereocenters. The van der Waals surface area contributed by atoms with E-state index in [-0.39, 0.29) is 6.04 Å². The summed E-state index contributed by atoms with van der Waals surface area (Å²) in [7, 11) is 1.71. The molecule has 0 radical (unpaired) electrons.